The molecule has 0 bridgehead atoms. The fourth-order valence-electron chi connectivity index (χ4n) is 0.539. The van der Waals surface area contributed by atoms with Gasteiger partial charge in [-0.2, -0.15) is 0 Å². The third-order valence-electron chi connectivity index (χ3n) is 0.789. The topological polar surface area (TPSA) is 52.0 Å². The van der Waals surface area contributed by atoms with Gasteiger partial charge in [0.1, 0.15) is 0 Å². The van der Waals surface area contributed by atoms with E-state index in [1.54, 1.807) is 0 Å². The Morgan fingerprint density at radius 2 is 1.86 bits per heavy atom. The molecular weight excluding hydrogens is 104 g/mol. The first-order chi connectivity index (χ1) is 3.06. The Hall–Kier alpha value is 0.137. The van der Waals surface area contributed by atoms with Crippen LogP contribution in [0.3, 0.4) is 0 Å². The van der Waals surface area contributed by atoms with Crippen LogP contribution in [0.4, 0.5) is 0 Å². The summed E-state index contributed by atoms with van der Waals surface area (Å²) in [5.74, 6) is 0. The second-order valence-electron chi connectivity index (χ2n) is 2.26. The van der Waals surface area contributed by atoms with Crippen molar-refractivity contribution >= 4 is 8.40 Å². The second kappa shape index (κ2) is 2.45. The highest BCUT2D eigenvalue weighted by Crippen LogP contribution is 1.95. The van der Waals surface area contributed by atoms with Crippen LogP contribution in [0.15, 0.2) is 0 Å². The molecule has 0 amide bonds. The molecular formula is C4H14N2Si. The molecule has 0 atom stereocenters. The van der Waals surface area contributed by atoms with Crippen LogP contribution in [-0.2, 0) is 0 Å². The Morgan fingerprint density at radius 1 is 1.43 bits per heavy atom. The SMILES string of the molecule is CCC[Si](C)(N)N. The largest absolute Gasteiger partial charge is 0.339 e. The van der Waals surface area contributed by atoms with Crippen LogP contribution in [0.1, 0.15) is 13.3 Å². The lowest BCUT2D eigenvalue weighted by Crippen LogP contribution is -2.52. The summed E-state index contributed by atoms with van der Waals surface area (Å²) >= 11 is 0. The smallest absolute Gasteiger partial charge is 0.192 e. The average Bonchev–Trinajstić information content (AvgIpc) is 1.30. The van der Waals surface area contributed by atoms with Gasteiger partial charge < -0.3 is 10.8 Å². The number of nitrogens with two attached hydrogens (primary N) is 2. The van der Waals surface area contributed by atoms with E-state index < -0.39 is 8.40 Å². The molecule has 0 aromatic heterocycles. The second-order valence-corrected chi connectivity index (χ2v) is 5.77. The molecule has 0 aliphatic carbocycles. The van der Waals surface area contributed by atoms with Gasteiger partial charge in [-0.15, -0.1) is 0 Å². The predicted molar refractivity (Wildman–Crippen MR) is 35.1 cm³/mol. The fraction of sp³-hybridized carbons (Fsp3) is 1.00. The summed E-state index contributed by atoms with van der Waals surface area (Å²) in [4.78, 5) is 0. The lowest BCUT2D eigenvalue weighted by atomic mass is 10.6. The highest BCUT2D eigenvalue weighted by molar-refractivity contribution is 6.72. The van der Waals surface area contributed by atoms with Crippen molar-refractivity contribution in [2.75, 3.05) is 0 Å². The molecule has 0 saturated heterocycles. The molecule has 0 aromatic carbocycles. The normalized spacial score (nSPS) is 12.0. The summed E-state index contributed by atoms with van der Waals surface area (Å²) in [7, 11) is -1.66. The first-order valence-electron chi connectivity index (χ1n) is 2.64. The van der Waals surface area contributed by atoms with Crippen LogP contribution >= 0.6 is 0 Å². The van der Waals surface area contributed by atoms with Gasteiger partial charge in [0.15, 0.2) is 8.40 Å². The van der Waals surface area contributed by atoms with Crippen molar-refractivity contribution in [3.05, 3.63) is 0 Å². The molecule has 0 unspecified atom stereocenters. The Morgan fingerprint density at radius 3 is 1.86 bits per heavy atom. The third-order valence-corrected chi connectivity index (χ3v) is 2.37. The van der Waals surface area contributed by atoms with E-state index in [2.05, 4.69) is 6.92 Å². The summed E-state index contributed by atoms with van der Waals surface area (Å²) in [5.41, 5.74) is 0. The molecule has 0 aromatic rings. The molecule has 0 rings (SSSR count). The van der Waals surface area contributed by atoms with Gasteiger partial charge in [0.2, 0.25) is 0 Å². The van der Waals surface area contributed by atoms with Crippen molar-refractivity contribution < 1.29 is 0 Å². The molecule has 4 N–H and O–H groups in total. The van der Waals surface area contributed by atoms with Gasteiger partial charge in [0.25, 0.3) is 0 Å². The van der Waals surface area contributed by atoms with Gasteiger partial charge in [0.05, 0.1) is 0 Å². The molecule has 2 nitrogen and oxygen atoms in total. The van der Waals surface area contributed by atoms with E-state index >= 15 is 0 Å². The van der Waals surface area contributed by atoms with Crippen LogP contribution < -0.4 is 10.8 Å². The maximum Gasteiger partial charge on any atom is 0.192 e. The van der Waals surface area contributed by atoms with Gasteiger partial charge in [0, 0.05) is 0 Å². The molecule has 0 aliphatic heterocycles. The molecule has 0 heterocycles. The Labute approximate surface area is 46.1 Å². The Bertz CT molecular complexity index is 48.1. The van der Waals surface area contributed by atoms with E-state index in [1.165, 1.54) is 0 Å². The van der Waals surface area contributed by atoms with Gasteiger partial charge in [-0.1, -0.05) is 13.3 Å². The molecule has 0 spiro atoms. The standard InChI is InChI=1S/C4H14N2Si/c1-3-4-7(2,5)6/h3-6H2,1-2H3. The minimum absolute atomic E-state index is 1.03. The van der Waals surface area contributed by atoms with Gasteiger partial charge >= 0.3 is 0 Å². The summed E-state index contributed by atoms with van der Waals surface area (Å²) in [6.07, 6.45) is 1.12. The third kappa shape index (κ3) is 6.14. The van der Waals surface area contributed by atoms with Crippen molar-refractivity contribution in [2.45, 2.75) is 25.9 Å². The fourth-order valence-corrected chi connectivity index (χ4v) is 1.62. The van der Waals surface area contributed by atoms with Crippen LogP contribution in [0.5, 0.6) is 0 Å². The van der Waals surface area contributed by atoms with E-state index in [1.807, 2.05) is 6.55 Å². The molecule has 7 heavy (non-hydrogen) atoms. The lowest BCUT2D eigenvalue weighted by molar-refractivity contribution is 1.03. The van der Waals surface area contributed by atoms with Crippen molar-refractivity contribution in [1.29, 1.82) is 0 Å². The first kappa shape index (κ1) is 7.14. The molecule has 0 radical (unpaired) electrons. The van der Waals surface area contributed by atoms with Gasteiger partial charge in [-0.3, -0.25) is 0 Å². The summed E-state index contributed by atoms with van der Waals surface area (Å²) in [5, 5.41) is 11.1. The number of hydrogen-bond donors (Lipinski definition) is 2. The number of hydrogen-bond acceptors (Lipinski definition) is 2. The van der Waals surface area contributed by atoms with Crippen LogP contribution in [0.2, 0.25) is 12.6 Å². The zero-order valence-corrected chi connectivity index (χ0v) is 6.07. The van der Waals surface area contributed by atoms with Crippen molar-refractivity contribution in [3.63, 3.8) is 0 Å². The van der Waals surface area contributed by atoms with Crippen molar-refractivity contribution in [3.8, 4) is 0 Å². The van der Waals surface area contributed by atoms with Crippen LogP contribution in [0.25, 0.3) is 0 Å². The minimum atomic E-state index is -1.66. The maximum absolute atomic E-state index is 5.56. The van der Waals surface area contributed by atoms with Crippen LogP contribution in [0, 0.1) is 0 Å². The van der Waals surface area contributed by atoms with Gasteiger partial charge in [-0.25, -0.2) is 0 Å². The predicted octanol–water partition coefficient (Wildman–Crippen LogP) is 0.386. The monoisotopic (exact) mass is 118 g/mol. The van der Waals surface area contributed by atoms with Crippen LogP contribution in [-0.4, -0.2) is 8.40 Å². The summed E-state index contributed by atoms with van der Waals surface area (Å²) in [6, 6.07) is 1.03. The summed E-state index contributed by atoms with van der Waals surface area (Å²) in [6.45, 7) is 4.07. The van der Waals surface area contributed by atoms with E-state index in [0.717, 1.165) is 12.5 Å². The first-order valence-corrected chi connectivity index (χ1v) is 5.50. The Balaban J connectivity index is 3.15. The van der Waals surface area contributed by atoms with E-state index in [9.17, 15) is 0 Å². The quantitative estimate of drug-likeness (QED) is 0.515. The van der Waals surface area contributed by atoms with E-state index in [-0.39, 0.29) is 0 Å². The molecule has 0 saturated carbocycles. The van der Waals surface area contributed by atoms with E-state index in [4.69, 9.17) is 10.8 Å². The van der Waals surface area contributed by atoms with Crippen molar-refractivity contribution in [2.24, 2.45) is 10.8 Å². The molecule has 3 heteroatoms. The van der Waals surface area contributed by atoms with Gasteiger partial charge in [-0.05, 0) is 12.6 Å². The highest BCUT2D eigenvalue weighted by atomic mass is 28.3. The zero-order valence-electron chi connectivity index (χ0n) is 5.07. The molecule has 44 valence electrons. The zero-order chi connectivity index (χ0) is 5.91. The molecule has 0 aliphatic rings. The summed E-state index contributed by atoms with van der Waals surface area (Å²) < 4.78 is 0. The van der Waals surface area contributed by atoms with E-state index in [0.29, 0.717) is 0 Å². The number of rotatable bonds is 2. The highest BCUT2D eigenvalue weighted by Gasteiger charge is 2.12. The average molecular weight is 118 g/mol. The molecule has 0 fully saturated rings. The minimum Gasteiger partial charge on any atom is -0.339 e. The maximum atomic E-state index is 5.56. The Kier molecular flexibility index (Phi) is 2.49. The van der Waals surface area contributed by atoms with Crippen molar-refractivity contribution in [1.82, 2.24) is 0 Å². The lowest BCUT2D eigenvalue weighted by Gasteiger charge is -2.11.